The normalized spacial score (nSPS) is 10.6. The molecule has 0 saturated carbocycles. The molecular weight excluding hydrogens is 320 g/mol. The molecule has 20 heavy (non-hydrogen) atoms. The molecule has 0 atom stereocenters. The van der Waals surface area contributed by atoms with Crippen LogP contribution in [-0.2, 0) is 6.61 Å². The summed E-state index contributed by atoms with van der Waals surface area (Å²) in [4.78, 5) is 4.27. The third-order valence-electron chi connectivity index (χ3n) is 2.54. The van der Waals surface area contributed by atoms with Gasteiger partial charge in [0.25, 0.3) is 0 Å². The van der Waals surface area contributed by atoms with Gasteiger partial charge in [0.1, 0.15) is 6.61 Å². The number of anilines is 1. The molecule has 1 heterocycles. The molecule has 0 saturated heterocycles. The van der Waals surface area contributed by atoms with E-state index in [4.69, 9.17) is 15.2 Å². The lowest BCUT2D eigenvalue weighted by molar-refractivity contribution is 0.226. The van der Waals surface area contributed by atoms with Crippen molar-refractivity contribution in [2.45, 2.75) is 26.6 Å². The van der Waals surface area contributed by atoms with Crippen LogP contribution in [0.3, 0.4) is 0 Å². The summed E-state index contributed by atoms with van der Waals surface area (Å²) >= 11 is 3.48. The van der Waals surface area contributed by atoms with Crippen LogP contribution in [0.1, 0.15) is 19.4 Å². The van der Waals surface area contributed by atoms with Gasteiger partial charge in [-0.15, -0.1) is 0 Å². The average molecular weight is 337 g/mol. The van der Waals surface area contributed by atoms with Gasteiger partial charge in [0.15, 0.2) is 0 Å². The number of nitrogens with zero attached hydrogens (tertiary/aromatic N) is 1. The number of ether oxygens (including phenoxy) is 2. The van der Waals surface area contributed by atoms with Crippen LogP contribution in [-0.4, -0.2) is 11.1 Å². The maximum Gasteiger partial charge on any atom is 0.240 e. The zero-order chi connectivity index (χ0) is 14.5. The predicted molar refractivity (Wildman–Crippen MR) is 82.9 cm³/mol. The first-order chi connectivity index (χ1) is 9.56. The van der Waals surface area contributed by atoms with Crippen LogP contribution in [0.15, 0.2) is 40.9 Å². The van der Waals surface area contributed by atoms with Crippen molar-refractivity contribution in [3.05, 3.63) is 46.4 Å². The smallest absolute Gasteiger partial charge is 0.240 e. The lowest BCUT2D eigenvalue weighted by Crippen LogP contribution is -2.09. The quantitative estimate of drug-likeness (QED) is 0.902. The van der Waals surface area contributed by atoms with Gasteiger partial charge in [0.2, 0.25) is 11.8 Å². The highest BCUT2D eigenvalue weighted by molar-refractivity contribution is 9.10. The topological polar surface area (TPSA) is 57.4 Å². The Kier molecular flexibility index (Phi) is 4.84. The highest BCUT2D eigenvalue weighted by Gasteiger charge is 2.08. The Morgan fingerprint density at radius 2 is 1.95 bits per heavy atom. The predicted octanol–water partition coefficient (Wildman–Crippen LogP) is 3.79. The standard InChI is InChI=1S/C15H17BrN2O2/c1-10(2)20-15-13(17)7-8-14(18-15)19-9-11-5-3-4-6-12(11)16/h3-8,10H,9,17H2,1-2H3. The molecule has 2 rings (SSSR count). The van der Waals surface area contributed by atoms with Gasteiger partial charge in [0.05, 0.1) is 11.8 Å². The molecule has 0 unspecified atom stereocenters. The molecule has 0 bridgehead atoms. The van der Waals surface area contributed by atoms with Crippen LogP contribution >= 0.6 is 15.9 Å². The number of hydrogen-bond donors (Lipinski definition) is 1. The molecule has 0 aliphatic heterocycles. The van der Waals surface area contributed by atoms with E-state index in [-0.39, 0.29) is 6.10 Å². The van der Waals surface area contributed by atoms with Gasteiger partial charge >= 0.3 is 0 Å². The second kappa shape index (κ2) is 6.61. The Balaban J connectivity index is 2.08. The van der Waals surface area contributed by atoms with Gasteiger partial charge in [-0.1, -0.05) is 34.1 Å². The van der Waals surface area contributed by atoms with Crippen molar-refractivity contribution in [1.82, 2.24) is 4.98 Å². The molecule has 1 aromatic heterocycles. The van der Waals surface area contributed by atoms with Crippen molar-refractivity contribution in [3.8, 4) is 11.8 Å². The fourth-order valence-corrected chi connectivity index (χ4v) is 2.00. The van der Waals surface area contributed by atoms with E-state index >= 15 is 0 Å². The fourth-order valence-electron chi connectivity index (χ4n) is 1.60. The van der Waals surface area contributed by atoms with E-state index < -0.39 is 0 Å². The van der Waals surface area contributed by atoms with E-state index in [0.29, 0.717) is 24.1 Å². The van der Waals surface area contributed by atoms with Crippen LogP contribution in [0.25, 0.3) is 0 Å². The van der Waals surface area contributed by atoms with Gasteiger partial charge in [0, 0.05) is 16.1 Å². The van der Waals surface area contributed by atoms with Crippen molar-refractivity contribution in [2.24, 2.45) is 0 Å². The van der Waals surface area contributed by atoms with Crippen LogP contribution in [0, 0.1) is 0 Å². The van der Waals surface area contributed by atoms with E-state index in [1.54, 1.807) is 12.1 Å². The number of hydrogen-bond acceptors (Lipinski definition) is 4. The molecule has 4 nitrogen and oxygen atoms in total. The highest BCUT2D eigenvalue weighted by atomic mass is 79.9. The Morgan fingerprint density at radius 3 is 2.65 bits per heavy atom. The molecule has 2 N–H and O–H groups in total. The monoisotopic (exact) mass is 336 g/mol. The molecule has 0 spiro atoms. The van der Waals surface area contributed by atoms with Gasteiger partial charge in [-0.05, 0) is 26.0 Å². The van der Waals surface area contributed by atoms with Gasteiger partial charge in [-0.3, -0.25) is 0 Å². The van der Waals surface area contributed by atoms with Crippen molar-refractivity contribution in [2.75, 3.05) is 5.73 Å². The summed E-state index contributed by atoms with van der Waals surface area (Å²) in [5, 5.41) is 0. The third-order valence-corrected chi connectivity index (χ3v) is 3.32. The number of halogens is 1. The summed E-state index contributed by atoms with van der Waals surface area (Å²) in [6.45, 7) is 4.28. The van der Waals surface area contributed by atoms with Crippen LogP contribution in [0.2, 0.25) is 0 Å². The van der Waals surface area contributed by atoms with Crippen molar-refractivity contribution in [1.29, 1.82) is 0 Å². The number of rotatable bonds is 5. The minimum atomic E-state index is 0.0170. The summed E-state index contributed by atoms with van der Waals surface area (Å²) in [5.74, 6) is 0.898. The molecular formula is C15H17BrN2O2. The fraction of sp³-hybridized carbons (Fsp3) is 0.267. The molecule has 0 amide bonds. The lowest BCUT2D eigenvalue weighted by atomic mass is 10.2. The molecule has 2 aromatic rings. The van der Waals surface area contributed by atoms with Crippen molar-refractivity contribution < 1.29 is 9.47 Å². The first-order valence-corrected chi connectivity index (χ1v) is 7.15. The highest BCUT2D eigenvalue weighted by Crippen LogP contribution is 2.24. The lowest BCUT2D eigenvalue weighted by Gasteiger charge is -2.13. The van der Waals surface area contributed by atoms with Gasteiger partial charge in [-0.25, -0.2) is 0 Å². The first-order valence-electron chi connectivity index (χ1n) is 6.35. The first kappa shape index (κ1) is 14.7. The van der Waals surface area contributed by atoms with E-state index in [2.05, 4.69) is 20.9 Å². The summed E-state index contributed by atoms with van der Waals surface area (Å²) < 4.78 is 12.2. The molecule has 5 heteroatoms. The Morgan fingerprint density at radius 1 is 1.20 bits per heavy atom. The van der Waals surface area contributed by atoms with Crippen molar-refractivity contribution in [3.63, 3.8) is 0 Å². The second-order valence-electron chi connectivity index (χ2n) is 4.59. The molecule has 106 valence electrons. The summed E-state index contributed by atoms with van der Waals surface area (Å²) in [5.41, 5.74) is 7.38. The number of benzene rings is 1. The summed E-state index contributed by atoms with van der Waals surface area (Å²) in [6.07, 6.45) is 0.0170. The van der Waals surface area contributed by atoms with Gasteiger partial charge in [-0.2, -0.15) is 4.98 Å². The van der Waals surface area contributed by atoms with Gasteiger partial charge < -0.3 is 15.2 Å². The van der Waals surface area contributed by atoms with Crippen molar-refractivity contribution >= 4 is 21.6 Å². The number of pyridine rings is 1. The minimum Gasteiger partial charge on any atom is -0.473 e. The Labute approximate surface area is 127 Å². The van der Waals surface area contributed by atoms with Crippen LogP contribution in [0.5, 0.6) is 11.8 Å². The van der Waals surface area contributed by atoms with E-state index in [1.807, 2.05) is 38.1 Å². The number of aromatic nitrogens is 1. The second-order valence-corrected chi connectivity index (χ2v) is 5.44. The number of nitrogen functional groups attached to an aromatic ring is 1. The largest absolute Gasteiger partial charge is 0.473 e. The van der Waals surface area contributed by atoms with Crippen LogP contribution in [0.4, 0.5) is 5.69 Å². The molecule has 0 aliphatic rings. The zero-order valence-corrected chi connectivity index (χ0v) is 13.1. The summed E-state index contributed by atoms with van der Waals surface area (Å²) in [6, 6.07) is 11.4. The third kappa shape index (κ3) is 3.87. The SMILES string of the molecule is CC(C)Oc1nc(OCc2ccccc2Br)ccc1N. The van der Waals surface area contributed by atoms with Crippen LogP contribution < -0.4 is 15.2 Å². The molecule has 0 fully saturated rings. The van der Waals surface area contributed by atoms with E-state index in [9.17, 15) is 0 Å². The zero-order valence-electron chi connectivity index (χ0n) is 11.5. The Bertz CT molecular complexity index is 588. The molecule has 0 radical (unpaired) electrons. The maximum atomic E-state index is 5.82. The molecule has 0 aliphatic carbocycles. The van der Waals surface area contributed by atoms with E-state index in [1.165, 1.54) is 0 Å². The minimum absolute atomic E-state index is 0.0170. The molecule has 1 aromatic carbocycles. The average Bonchev–Trinajstić information content (AvgIpc) is 2.40. The number of nitrogens with two attached hydrogens (primary N) is 1. The Hall–Kier alpha value is -1.75. The van der Waals surface area contributed by atoms with E-state index in [0.717, 1.165) is 10.0 Å². The maximum absolute atomic E-state index is 5.82. The summed E-state index contributed by atoms with van der Waals surface area (Å²) in [7, 11) is 0.